The van der Waals surface area contributed by atoms with Crippen LogP contribution in [0.3, 0.4) is 0 Å². The highest BCUT2D eigenvalue weighted by Gasteiger charge is 2.21. The van der Waals surface area contributed by atoms with Crippen LogP contribution in [0, 0.1) is 0 Å². The molecule has 1 aliphatic rings. The third-order valence-electron chi connectivity index (χ3n) is 5.43. The lowest BCUT2D eigenvalue weighted by Crippen LogP contribution is -2.20. The maximum absolute atomic E-state index is 11.7. The minimum atomic E-state index is -0.451. The molecule has 1 aliphatic heterocycles. The molecule has 0 spiro atoms. The molecule has 2 aromatic carbocycles. The predicted octanol–water partition coefficient (Wildman–Crippen LogP) is 6.42. The summed E-state index contributed by atoms with van der Waals surface area (Å²) in [6.07, 6.45) is 4.41. The number of esters is 1. The van der Waals surface area contributed by atoms with Crippen molar-refractivity contribution in [2.45, 2.75) is 39.0 Å². The van der Waals surface area contributed by atoms with E-state index < -0.39 is 5.97 Å². The number of ether oxygens (including phenoxy) is 1. The second-order valence-electron chi connectivity index (χ2n) is 7.55. The zero-order chi connectivity index (χ0) is 21.8. The molecule has 4 rings (SSSR count). The lowest BCUT2D eigenvalue weighted by atomic mass is 10.0. The molecule has 0 aliphatic carbocycles. The van der Waals surface area contributed by atoms with Crippen LogP contribution >= 0.6 is 23.2 Å². The quantitative estimate of drug-likeness (QED) is 0.302. The number of halogens is 2. The van der Waals surface area contributed by atoms with Gasteiger partial charge < -0.3 is 14.2 Å². The van der Waals surface area contributed by atoms with Gasteiger partial charge >= 0.3 is 5.97 Å². The van der Waals surface area contributed by atoms with E-state index in [1.807, 2.05) is 12.1 Å². The van der Waals surface area contributed by atoms with Crippen LogP contribution in [-0.2, 0) is 24.0 Å². The summed E-state index contributed by atoms with van der Waals surface area (Å²) < 4.78 is 10.2. The number of hydrogen-bond acceptors (Lipinski definition) is 5. The highest BCUT2D eigenvalue weighted by atomic mass is 35.5. The average Bonchev–Trinajstić information content (AvgIpc) is 3.17. The second kappa shape index (κ2) is 9.75. The summed E-state index contributed by atoms with van der Waals surface area (Å²) in [7, 11) is 0. The number of nitrogens with zero attached hydrogens (tertiary/aromatic N) is 2. The van der Waals surface area contributed by atoms with Crippen LogP contribution < -0.4 is 4.90 Å². The Balaban J connectivity index is 1.46. The monoisotopic (exact) mass is 458 g/mol. The maximum atomic E-state index is 11.7. The van der Waals surface area contributed by atoms with Gasteiger partial charge in [0.2, 0.25) is 0 Å². The molecule has 31 heavy (non-hydrogen) atoms. The molecule has 7 heteroatoms. The zero-order valence-electron chi connectivity index (χ0n) is 17.4. The Bertz CT molecular complexity index is 1030. The summed E-state index contributed by atoms with van der Waals surface area (Å²) in [4.78, 5) is 14.1. The molecule has 0 amide bonds. The number of anilines is 2. The number of carbonyl (C=O) groups is 1. The minimum Gasteiger partial charge on any atom is -0.461 e. The smallest absolute Gasteiger partial charge is 0.360 e. The van der Waals surface area contributed by atoms with E-state index >= 15 is 0 Å². The molecule has 0 radical (unpaired) electrons. The second-order valence-corrected chi connectivity index (χ2v) is 8.43. The molecule has 0 bridgehead atoms. The first-order chi connectivity index (χ1) is 15.0. The summed E-state index contributed by atoms with van der Waals surface area (Å²) in [6.45, 7) is 2.93. The largest absolute Gasteiger partial charge is 0.461 e. The fraction of sp³-hybridized carbons (Fsp3) is 0.333. The molecule has 3 aromatic rings. The normalized spacial score (nSPS) is 12.8. The van der Waals surface area contributed by atoms with Gasteiger partial charge in [-0.3, -0.25) is 0 Å². The number of aromatic nitrogens is 1. The van der Waals surface area contributed by atoms with Crippen LogP contribution in [0.1, 0.15) is 47.1 Å². The van der Waals surface area contributed by atoms with Crippen LogP contribution in [0.25, 0.3) is 0 Å². The summed E-state index contributed by atoms with van der Waals surface area (Å²) in [5.74, 6) is 0.242. The first-order valence-corrected chi connectivity index (χ1v) is 11.3. The first-order valence-electron chi connectivity index (χ1n) is 10.5. The van der Waals surface area contributed by atoms with Crippen LogP contribution in [0.5, 0.6) is 0 Å². The van der Waals surface area contributed by atoms with Crippen LogP contribution in [0.4, 0.5) is 11.4 Å². The van der Waals surface area contributed by atoms with E-state index in [0.717, 1.165) is 42.3 Å². The van der Waals surface area contributed by atoms with E-state index in [-0.39, 0.29) is 5.69 Å². The number of carbonyl (C=O) groups excluding carboxylic acids is 1. The van der Waals surface area contributed by atoms with Gasteiger partial charge in [-0.05, 0) is 80.1 Å². The van der Waals surface area contributed by atoms with Gasteiger partial charge in [-0.15, -0.1) is 0 Å². The number of unbranched alkanes of at least 4 members (excludes halogenated alkanes) is 1. The van der Waals surface area contributed by atoms with Crippen molar-refractivity contribution in [3.05, 3.63) is 75.1 Å². The van der Waals surface area contributed by atoms with Crippen molar-refractivity contribution < 1.29 is 14.1 Å². The van der Waals surface area contributed by atoms with E-state index in [1.165, 1.54) is 22.5 Å². The van der Waals surface area contributed by atoms with Gasteiger partial charge in [-0.2, -0.15) is 0 Å². The standard InChI is InChI=1S/C24H24Cl2N2O3/c1-2-30-24(29)21-15-20(31-27-21)5-3-4-12-28-22-10-8-18(25)13-16(22)6-7-17-14-19(26)9-11-23(17)28/h8-11,13-15H,2-7,12H2,1H3. The molecule has 0 saturated heterocycles. The van der Waals surface area contributed by atoms with Gasteiger partial charge in [0.1, 0.15) is 5.76 Å². The van der Waals surface area contributed by atoms with Crippen molar-refractivity contribution in [2.75, 3.05) is 18.1 Å². The number of rotatable bonds is 7. The van der Waals surface area contributed by atoms with E-state index in [9.17, 15) is 4.79 Å². The van der Waals surface area contributed by atoms with Crippen LogP contribution in [0.15, 0.2) is 47.0 Å². The van der Waals surface area contributed by atoms with Crippen molar-refractivity contribution in [2.24, 2.45) is 0 Å². The summed E-state index contributed by atoms with van der Waals surface area (Å²) in [6, 6.07) is 13.9. The van der Waals surface area contributed by atoms with Gasteiger partial charge in [0.05, 0.1) is 6.61 Å². The Morgan fingerprint density at radius 2 is 1.68 bits per heavy atom. The molecule has 0 fully saturated rings. The van der Waals surface area contributed by atoms with Gasteiger partial charge in [0, 0.05) is 40.5 Å². The highest BCUT2D eigenvalue weighted by molar-refractivity contribution is 6.31. The predicted molar refractivity (Wildman–Crippen MR) is 123 cm³/mol. The Morgan fingerprint density at radius 3 is 2.29 bits per heavy atom. The molecule has 0 atom stereocenters. The van der Waals surface area contributed by atoms with Crippen molar-refractivity contribution >= 4 is 40.5 Å². The fourth-order valence-corrected chi connectivity index (χ4v) is 4.37. The molecular weight excluding hydrogens is 435 g/mol. The van der Waals surface area contributed by atoms with Gasteiger partial charge in [-0.25, -0.2) is 4.79 Å². The van der Waals surface area contributed by atoms with E-state index in [4.69, 9.17) is 32.5 Å². The van der Waals surface area contributed by atoms with Gasteiger partial charge in [-0.1, -0.05) is 28.4 Å². The minimum absolute atomic E-state index is 0.223. The number of aryl methyl sites for hydroxylation is 3. The molecule has 162 valence electrons. The van der Waals surface area contributed by atoms with E-state index in [2.05, 4.69) is 34.3 Å². The topological polar surface area (TPSA) is 55.6 Å². The van der Waals surface area contributed by atoms with Gasteiger partial charge in [0.25, 0.3) is 0 Å². The summed E-state index contributed by atoms with van der Waals surface area (Å²) >= 11 is 12.5. The van der Waals surface area contributed by atoms with Crippen molar-refractivity contribution in [3.63, 3.8) is 0 Å². The van der Waals surface area contributed by atoms with Gasteiger partial charge in [0.15, 0.2) is 5.69 Å². The third-order valence-corrected chi connectivity index (χ3v) is 5.90. The molecular formula is C24H24Cl2N2O3. The maximum Gasteiger partial charge on any atom is 0.360 e. The first kappa shape index (κ1) is 21.7. The van der Waals surface area contributed by atoms with Crippen molar-refractivity contribution in [1.82, 2.24) is 5.16 Å². The van der Waals surface area contributed by atoms with Crippen molar-refractivity contribution in [3.8, 4) is 0 Å². The third kappa shape index (κ3) is 5.05. The zero-order valence-corrected chi connectivity index (χ0v) is 18.9. The molecule has 2 heterocycles. The SMILES string of the molecule is CCOC(=O)c1cc(CCCCN2c3ccc(Cl)cc3CCc3cc(Cl)ccc32)on1. The van der Waals surface area contributed by atoms with Crippen LogP contribution in [0.2, 0.25) is 10.0 Å². The Hall–Kier alpha value is -2.50. The number of hydrogen-bond donors (Lipinski definition) is 0. The van der Waals surface area contributed by atoms with E-state index in [0.29, 0.717) is 18.8 Å². The lowest BCUT2D eigenvalue weighted by molar-refractivity contribution is 0.0514. The van der Waals surface area contributed by atoms with Crippen LogP contribution in [-0.4, -0.2) is 24.3 Å². The van der Waals surface area contributed by atoms with Crippen molar-refractivity contribution in [1.29, 1.82) is 0 Å². The average molecular weight is 459 g/mol. The summed E-state index contributed by atoms with van der Waals surface area (Å²) in [5.41, 5.74) is 5.09. The molecule has 1 aromatic heterocycles. The fourth-order valence-electron chi connectivity index (χ4n) is 3.98. The highest BCUT2D eigenvalue weighted by Crippen LogP contribution is 2.38. The summed E-state index contributed by atoms with van der Waals surface area (Å²) in [5, 5.41) is 5.32. The Labute approximate surface area is 191 Å². The molecule has 0 N–H and O–H groups in total. The Kier molecular flexibility index (Phi) is 6.83. The molecule has 5 nitrogen and oxygen atoms in total. The number of benzene rings is 2. The molecule has 0 unspecified atom stereocenters. The molecule has 0 saturated carbocycles. The Morgan fingerprint density at radius 1 is 1.03 bits per heavy atom. The van der Waals surface area contributed by atoms with E-state index in [1.54, 1.807) is 13.0 Å². The number of fused-ring (bicyclic) bond motifs is 2. The lowest BCUT2D eigenvalue weighted by Gasteiger charge is -2.27.